The molecule has 0 fully saturated rings. The molecule has 0 aliphatic heterocycles. The van der Waals surface area contributed by atoms with E-state index in [1.807, 2.05) is 35.9 Å². The molecule has 0 aliphatic rings. The summed E-state index contributed by atoms with van der Waals surface area (Å²) in [7, 11) is 0. The summed E-state index contributed by atoms with van der Waals surface area (Å²) < 4.78 is 1.99. The number of benzene rings is 1. The Morgan fingerprint density at radius 1 is 1.27 bits per heavy atom. The molecule has 1 unspecified atom stereocenters. The van der Waals surface area contributed by atoms with Gasteiger partial charge in [-0.05, 0) is 19.4 Å². The van der Waals surface area contributed by atoms with Gasteiger partial charge in [-0.2, -0.15) is 0 Å². The molecule has 2 aromatic rings. The SMILES string of the molecule is Cc1cn(C(C)c2ccccc2)c(N)n1. The number of hydrogen-bond acceptors (Lipinski definition) is 2. The van der Waals surface area contributed by atoms with Crippen molar-refractivity contribution in [3.63, 3.8) is 0 Å². The standard InChI is InChI=1S/C12H15N3/c1-9-8-15(12(13)14-9)10(2)11-6-4-3-5-7-11/h3-8,10H,1-2H3,(H2,13,14). The predicted octanol–water partition coefficient (Wildman–Crippen LogP) is 2.38. The molecule has 1 heterocycles. The lowest BCUT2D eigenvalue weighted by atomic mass is 10.1. The molecule has 0 bridgehead atoms. The molecule has 2 rings (SSSR count). The number of nitrogens with zero attached hydrogens (tertiary/aromatic N) is 2. The highest BCUT2D eigenvalue weighted by Gasteiger charge is 2.10. The van der Waals surface area contributed by atoms with Crippen LogP contribution in [0.5, 0.6) is 0 Å². The van der Waals surface area contributed by atoms with E-state index in [4.69, 9.17) is 5.73 Å². The van der Waals surface area contributed by atoms with Crippen LogP contribution >= 0.6 is 0 Å². The van der Waals surface area contributed by atoms with Gasteiger partial charge in [0.1, 0.15) is 0 Å². The van der Waals surface area contributed by atoms with E-state index in [1.165, 1.54) is 5.56 Å². The van der Waals surface area contributed by atoms with E-state index in [2.05, 4.69) is 24.0 Å². The molecular weight excluding hydrogens is 186 g/mol. The van der Waals surface area contributed by atoms with Crippen LogP contribution in [0.15, 0.2) is 36.5 Å². The molecule has 1 atom stereocenters. The number of imidazole rings is 1. The van der Waals surface area contributed by atoms with E-state index in [9.17, 15) is 0 Å². The van der Waals surface area contributed by atoms with Gasteiger partial charge in [-0.25, -0.2) is 4.98 Å². The number of nitrogen functional groups attached to an aromatic ring is 1. The second-order valence-electron chi connectivity index (χ2n) is 3.73. The second-order valence-corrected chi connectivity index (χ2v) is 3.73. The minimum absolute atomic E-state index is 0.229. The molecule has 0 radical (unpaired) electrons. The molecule has 2 N–H and O–H groups in total. The number of nitrogens with two attached hydrogens (primary N) is 1. The quantitative estimate of drug-likeness (QED) is 0.810. The fourth-order valence-electron chi connectivity index (χ4n) is 1.74. The van der Waals surface area contributed by atoms with Crippen molar-refractivity contribution in [2.75, 3.05) is 5.73 Å². The highest BCUT2D eigenvalue weighted by atomic mass is 15.2. The van der Waals surface area contributed by atoms with Gasteiger partial charge in [-0.1, -0.05) is 30.3 Å². The predicted molar refractivity (Wildman–Crippen MR) is 61.6 cm³/mol. The van der Waals surface area contributed by atoms with E-state index < -0.39 is 0 Å². The largest absolute Gasteiger partial charge is 0.369 e. The smallest absolute Gasteiger partial charge is 0.200 e. The van der Waals surface area contributed by atoms with Crippen LogP contribution in [0.2, 0.25) is 0 Å². The lowest BCUT2D eigenvalue weighted by Crippen LogP contribution is -2.08. The summed E-state index contributed by atoms with van der Waals surface area (Å²) in [6, 6.07) is 10.5. The van der Waals surface area contributed by atoms with Gasteiger partial charge in [-0.3, -0.25) is 0 Å². The molecule has 0 saturated carbocycles. The summed E-state index contributed by atoms with van der Waals surface area (Å²) >= 11 is 0. The average Bonchev–Trinajstić information content (AvgIpc) is 2.58. The molecule has 1 aromatic heterocycles. The molecule has 1 aromatic carbocycles. The fourth-order valence-corrected chi connectivity index (χ4v) is 1.74. The van der Waals surface area contributed by atoms with Gasteiger partial charge < -0.3 is 10.3 Å². The first-order valence-electron chi connectivity index (χ1n) is 5.04. The van der Waals surface area contributed by atoms with E-state index >= 15 is 0 Å². The van der Waals surface area contributed by atoms with Crippen LogP contribution in [0, 0.1) is 6.92 Å². The third-order valence-electron chi connectivity index (χ3n) is 2.58. The maximum absolute atomic E-state index is 5.83. The van der Waals surface area contributed by atoms with Crippen LogP contribution in [-0.4, -0.2) is 9.55 Å². The van der Waals surface area contributed by atoms with Gasteiger partial charge in [0.25, 0.3) is 0 Å². The molecule has 15 heavy (non-hydrogen) atoms. The zero-order valence-corrected chi connectivity index (χ0v) is 9.01. The minimum atomic E-state index is 0.229. The number of aromatic nitrogens is 2. The molecule has 3 heteroatoms. The van der Waals surface area contributed by atoms with Crippen LogP contribution < -0.4 is 5.73 Å². The van der Waals surface area contributed by atoms with Gasteiger partial charge in [-0.15, -0.1) is 0 Å². The number of hydrogen-bond donors (Lipinski definition) is 1. The third-order valence-corrected chi connectivity index (χ3v) is 2.58. The lowest BCUT2D eigenvalue weighted by molar-refractivity contribution is 0.648. The van der Waals surface area contributed by atoms with Crippen molar-refractivity contribution < 1.29 is 0 Å². The summed E-state index contributed by atoms with van der Waals surface area (Å²) in [6.07, 6.45) is 1.98. The Hall–Kier alpha value is -1.77. The van der Waals surface area contributed by atoms with Crippen molar-refractivity contribution in [3.8, 4) is 0 Å². The Balaban J connectivity index is 2.36. The van der Waals surface area contributed by atoms with Crippen molar-refractivity contribution >= 4 is 5.95 Å². The Morgan fingerprint density at radius 3 is 2.47 bits per heavy atom. The van der Waals surface area contributed by atoms with Gasteiger partial charge >= 0.3 is 0 Å². The fraction of sp³-hybridized carbons (Fsp3) is 0.250. The highest BCUT2D eigenvalue weighted by Crippen LogP contribution is 2.20. The molecule has 0 aliphatic carbocycles. The number of anilines is 1. The summed E-state index contributed by atoms with van der Waals surface area (Å²) in [5.74, 6) is 0.573. The second kappa shape index (κ2) is 3.77. The molecule has 78 valence electrons. The minimum Gasteiger partial charge on any atom is -0.369 e. The summed E-state index contributed by atoms with van der Waals surface area (Å²) in [5, 5.41) is 0. The Bertz CT molecular complexity index is 445. The normalized spacial score (nSPS) is 12.7. The first kappa shape index (κ1) is 9.77. The molecule has 3 nitrogen and oxygen atoms in total. The first-order valence-corrected chi connectivity index (χ1v) is 5.04. The van der Waals surface area contributed by atoms with Crippen LogP contribution in [0.25, 0.3) is 0 Å². The summed E-state index contributed by atoms with van der Waals surface area (Å²) in [6.45, 7) is 4.07. The molecular formula is C12H15N3. The topological polar surface area (TPSA) is 43.8 Å². The monoisotopic (exact) mass is 201 g/mol. The average molecular weight is 201 g/mol. The molecule has 0 amide bonds. The highest BCUT2D eigenvalue weighted by molar-refractivity contribution is 5.27. The van der Waals surface area contributed by atoms with Crippen molar-refractivity contribution in [1.82, 2.24) is 9.55 Å². The number of aryl methyl sites for hydroxylation is 1. The maximum Gasteiger partial charge on any atom is 0.200 e. The van der Waals surface area contributed by atoms with Crippen molar-refractivity contribution in [1.29, 1.82) is 0 Å². The Kier molecular flexibility index (Phi) is 2.46. The molecule has 0 spiro atoms. The van der Waals surface area contributed by atoms with Crippen LogP contribution in [0.1, 0.15) is 24.2 Å². The van der Waals surface area contributed by atoms with E-state index in [1.54, 1.807) is 0 Å². The van der Waals surface area contributed by atoms with Gasteiger partial charge in [0.05, 0.1) is 11.7 Å². The van der Waals surface area contributed by atoms with Crippen LogP contribution in [0.4, 0.5) is 5.95 Å². The Labute approximate surface area is 89.6 Å². The van der Waals surface area contributed by atoms with Crippen LogP contribution in [-0.2, 0) is 0 Å². The summed E-state index contributed by atoms with van der Waals surface area (Å²) in [5.41, 5.74) is 8.02. The zero-order valence-electron chi connectivity index (χ0n) is 9.01. The van der Waals surface area contributed by atoms with Crippen molar-refractivity contribution in [2.24, 2.45) is 0 Å². The lowest BCUT2D eigenvalue weighted by Gasteiger charge is -2.14. The van der Waals surface area contributed by atoms with E-state index in [0.29, 0.717) is 5.95 Å². The van der Waals surface area contributed by atoms with E-state index in [-0.39, 0.29) is 6.04 Å². The van der Waals surface area contributed by atoms with Gasteiger partial charge in [0.2, 0.25) is 5.95 Å². The van der Waals surface area contributed by atoms with Crippen molar-refractivity contribution in [3.05, 3.63) is 47.8 Å². The van der Waals surface area contributed by atoms with E-state index in [0.717, 1.165) is 5.69 Å². The summed E-state index contributed by atoms with van der Waals surface area (Å²) in [4.78, 5) is 4.20. The Morgan fingerprint density at radius 2 is 1.93 bits per heavy atom. The van der Waals surface area contributed by atoms with Crippen LogP contribution in [0.3, 0.4) is 0 Å². The zero-order chi connectivity index (χ0) is 10.8. The number of rotatable bonds is 2. The van der Waals surface area contributed by atoms with Gasteiger partial charge in [0.15, 0.2) is 0 Å². The third kappa shape index (κ3) is 1.86. The first-order chi connectivity index (χ1) is 7.18. The maximum atomic E-state index is 5.83. The van der Waals surface area contributed by atoms with Gasteiger partial charge in [0, 0.05) is 6.20 Å². The van der Waals surface area contributed by atoms with Crippen molar-refractivity contribution in [2.45, 2.75) is 19.9 Å². The molecule has 0 saturated heterocycles.